The average Bonchev–Trinajstić information content (AvgIpc) is 3.36. The first kappa shape index (κ1) is 20.4. The maximum Gasteiger partial charge on any atom is 0.200 e. The SMILES string of the molecule is COc1cc([C@H]2OC[C@H]3[C@H]2CO[C@H]3c2cc(OC)c(O)c(OC)c2)cc(OC)c1O. The molecule has 8 nitrogen and oxygen atoms in total. The van der Waals surface area contributed by atoms with E-state index in [-0.39, 0.29) is 35.5 Å². The van der Waals surface area contributed by atoms with Gasteiger partial charge in [0, 0.05) is 11.8 Å². The lowest BCUT2D eigenvalue weighted by atomic mass is 9.84. The van der Waals surface area contributed by atoms with Gasteiger partial charge in [0.25, 0.3) is 0 Å². The topological polar surface area (TPSA) is 95.8 Å². The normalized spacial score (nSPS) is 25.1. The zero-order chi connectivity index (χ0) is 21.4. The van der Waals surface area contributed by atoms with E-state index in [9.17, 15) is 10.2 Å². The van der Waals surface area contributed by atoms with Crippen molar-refractivity contribution in [2.45, 2.75) is 12.2 Å². The fourth-order valence-electron chi connectivity index (χ4n) is 4.39. The molecule has 0 aliphatic carbocycles. The highest BCUT2D eigenvalue weighted by Crippen LogP contribution is 2.53. The van der Waals surface area contributed by atoms with Gasteiger partial charge in [0.2, 0.25) is 11.5 Å². The monoisotopic (exact) mass is 418 g/mol. The Labute approximate surface area is 174 Å². The fourth-order valence-corrected chi connectivity index (χ4v) is 4.39. The molecule has 2 aliphatic heterocycles. The maximum atomic E-state index is 10.2. The number of hydrogen-bond acceptors (Lipinski definition) is 8. The number of benzene rings is 2. The highest BCUT2D eigenvalue weighted by molar-refractivity contribution is 5.54. The van der Waals surface area contributed by atoms with Gasteiger partial charge in [-0.2, -0.15) is 0 Å². The lowest BCUT2D eigenvalue weighted by molar-refractivity contribution is 0.0190. The molecule has 0 saturated carbocycles. The number of ether oxygens (including phenoxy) is 6. The Bertz CT molecular complexity index is 802. The van der Waals surface area contributed by atoms with Crippen LogP contribution in [0.15, 0.2) is 24.3 Å². The summed E-state index contributed by atoms with van der Waals surface area (Å²) in [6.07, 6.45) is -0.436. The van der Waals surface area contributed by atoms with Gasteiger partial charge in [-0.25, -0.2) is 0 Å². The predicted molar refractivity (Wildman–Crippen MR) is 107 cm³/mol. The van der Waals surface area contributed by atoms with Crippen LogP contribution in [0.5, 0.6) is 34.5 Å². The van der Waals surface area contributed by atoms with Crippen LogP contribution in [0.1, 0.15) is 23.3 Å². The summed E-state index contributed by atoms with van der Waals surface area (Å²) in [6, 6.07) is 7.07. The Morgan fingerprint density at radius 1 is 0.633 bits per heavy atom. The van der Waals surface area contributed by atoms with Gasteiger partial charge >= 0.3 is 0 Å². The minimum Gasteiger partial charge on any atom is -0.502 e. The third-order valence-electron chi connectivity index (χ3n) is 5.93. The zero-order valence-corrected chi connectivity index (χ0v) is 17.4. The van der Waals surface area contributed by atoms with Crippen molar-refractivity contribution in [1.29, 1.82) is 0 Å². The van der Waals surface area contributed by atoms with Crippen molar-refractivity contribution in [1.82, 2.24) is 0 Å². The largest absolute Gasteiger partial charge is 0.502 e. The molecular formula is C22H26O8. The van der Waals surface area contributed by atoms with Gasteiger partial charge in [-0.05, 0) is 35.4 Å². The van der Waals surface area contributed by atoms with Crippen molar-refractivity contribution in [3.05, 3.63) is 35.4 Å². The Hall–Kier alpha value is -2.84. The summed E-state index contributed by atoms with van der Waals surface area (Å²) < 4.78 is 33.4. The Kier molecular flexibility index (Phi) is 5.53. The number of aromatic hydroxyl groups is 2. The smallest absolute Gasteiger partial charge is 0.200 e. The number of rotatable bonds is 6. The van der Waals surface area contributed by atoms with Gasteiger partial charge in [-0.15, -0.1) is 0 Å². The summed E-state index contributed by atoms with van der Waals surface area (Å²) in [4.78, 5) is 0. The van der Waals surface area contributed by atoms with E-state index in [1.807, 2.05) is 0 Å². The third kappa shape index (κ3) is 3.26. The van der Waals surface area contributed by atoms with E-state index < -0.39 is 0 Å². The molecule has 8 heteroatoms. The fraction of sp³-hybridized carbons (Fsp3) is 0.455. The standard InChI is InChI=1S/C22H26O8/c1-25-15-5-11(6-16(26-2)19(15)23)21-13-9-30-22(14(13)10-29-21)12-7-17(27-3)20(24)18(8-12)28-4/h5-8,13-14,21-24H,9-10H2,1-4H3/t13-,14+,21-,22+. The van der Waals surface area contributed by atoms with E-state index in [1.54, 1.807) is 24.3 Å². The van der Waals surface area contributed by atoms with Crippen LogP contribution < -0.4 is 18.9 Å². The summed E-state index contributed by atoms with van der Waals surface area (Å²) >= 11 is 0. The number of hydrogen-bond donors (Lipinski definition) is 2. The van der Waals surface area contributed by atoms with Gasteiger partial charge in [-0.3, -0.25) is 0 Å². The second-order valence-corrected chi connectivity index (χ2v) is 7.38. The molecule has 0 aromatic heterocycles. The Morgan fingerprint density at radius 3 is 1.20 bits per heavy atom. The van der Waals surface area contributed by atoms with Crippen LogP contribution in [0.3, 0.4) is 0 Å². The summed E-state index contributed by atoms with van der Waals surface area (Å²) in [7, 11) is 5.99. The second-order valence-electron chi connectivity index (χ2n) is 7.38. The number of phenolic OH excluding ortho intramolecular Hbond substituents is 2. The summed E-state index contributed by atoms with van der Waals surface area (Å²) in [6.45, 7) is 1.02. The quantitative estimate of drug-likeness (QED) is 0.738. The van der Waals surface area contributed by atoms with Crippen molar-refractivity contribution >= 4 is 0 Å². The molecule has 0 unspecified atom stereocenters. The molecule has 2 fully saturated rings. The van der Waals surface area contributed by atoms with Gasteiger partial charge in [0.1, 0.15) is 0 Å². The minimum atomic E-state index is -0.218. The van der Waals surface area contributed by atoms with Crippen LogP contribution in [0.2, 0.25) is 0 Å². The Balaban J connectivity index is 1.63. The van der Waals surface area contributed by atoms with Crippen molar-refractivity contribution in [2.24, 2.45) is 11.8 Å². The molecular weight excluding hydrogens is 392 g/mol. The molecule has 2 N–H and O–H groups in total. The first-order valence-corrected chi connectivity index (χ1v) is 9.65. The first-order valence-electron chi connectivity index (χ1n) is 9.65. The summed E-state index contributed by atoms with van der Waals surface area (Å²) in [5.41, 5.74) is 1.72. The highest BCUT2D eigenvalue weighted by Gasteiger charge is 2.48. The van der Waals surface area contributed by atoms with Gasteiger partial charge in [0.15, 0.2) is 23.0 Å². The molecule has 2 heterocycles. The minimum absolute atomic E-state index is 0.0397. The van der Waals surface area contributed by atoms with E-state index in [0.717, 1.165) is 11.1 Å². The van der Waals surface area contributed by atoms with Crippen LogP contribution >= 0.6 is 0 Å². The molecule has 4 atom stereocenters. The predicted octanol–water partition coefficient (Wildman–Crippen LogP) is 3.21. The van der Waals surface area contributed by atoms with E-state index in [0.29, 0.717) is 36.2 Å². The van der Waals surface area contributed by atoms with Crippen LogP contribution in [0.4, 0.5) is 0 Å². The molecule has 0 spiro atoms. The highest BCUT2D eigenvalue weighted by atomic mass is 16.5. The van der Waals surface area contributed by atoms with E-state index in [4.69, 9.17) is 28.4 Å². The summed E-state index contributed by atoms with van der Waals surface area (Å²) in [5.74, 6) is 1.48. The molecule has 162 valence electrons. The van der Waals surface area contributed by atoms with Crippen LogP contribution in [0.25, 0.3) is 0 Å². The molecule has 0 radical (unpaired) electrons. The lowest BCUT2D eigenvalue weighted by Crippen LogP contribution is -2.15. The molecule has 2 aliphatic rings. The van der Waals surface area contributed by atoms with Crippen molar-refractivity contribution < 1.29 is 38.6 Å². The van der Waals surface area contributed by atoms with Gasteiger partial charge in [0.05, 0.1) is 53.9 Å². The maximum absolute atomic E-state index is 10.2. The molecule has 0 amide bonds. The second kappa shape index (κ2) is 8.12. The number of phenols is 2. The van der Waals surface area contributed by atoms with Crippen LogP contribution in [0, 0.1) is 11.8 Å². The molecule has 0 bridgehead atoms. The van der Waals surface area contributed by atoms with Crippen molar-refractivity contribution in [3.63, 3.8) is 0 Å². The molecule has 2 aromatic carbocycles. The lowest BCUT2D eigenvalue weighted by Gasteiger charge is -2.19. The Morgan fingerprint density at radius 2 is 0.933 bits per heavy atom. The first-order chi connectivity index (χ1) is 14.5. The molecule has 30 heavy (non-hydrogen) atoms. The van der Waals surface area contributed by atoms with Crippen molar-refractivity contribution in [3.8, 4) is 34.5 Å². The molecule has 2 aromatic rings. The average molecular weight is 418 g/mol. The van der Waals surface area contributed by atoms with Crippen molar-refractivity contribution in [2.75, 3.05) is 41.7 Å². The third-order valence-corrected chi connectivity index (χ3v) is 5.93. The number of fused-ring (bicyclic) bond motifs is 1. The van der Waals surface area contributed by atoms with Gasteiger partial charge in [-0.1, -0.05) is 0 Å². The van der Waals surface area contributed by atoms with E-state index in [1.165, 1.54) is 28.4 Å². The van der Waals surface area contributed by atoms with E-state index in [2.05, 4.69) is 0 Å². The van der Waals surface area contributed by atoms with Crippen LogP contribution in [-0.2, 0) is 9.47 Å². The van der Waals surface area contributed by atoms with Gasteiger partial charge < -0.3 is 38.6 Å². The number of methoxy groups -OCH3 is 4. The van der Waals surface area contributed by atoms with Crippen LogP contribution in [-0.4, -0.2) is 51.9 Å². The molecule has 4 rings (SSSR count). The zero-order valence-electron chi connectivity index (χ0n) is 17.4. The molecule has 2 saturated heterocycles. The van der Waals surface area contributed by atoms with E-state index >= 15 is 0 Å². The summed E-state index contributed by atoms with van der Waals surface area (Å²) in [5, 5.41) is 20.4.